The molecule has 17 heavy (non-hydrogen) atoms. The first kappa shape index (κ1) is 13.2. The average molecular weight is 230 g/mol. The van der Waals surface area contributed by atoms with Crippen LogP contribution in [0.2, 0.25) is 0 Å². The van der Waals surface area contributed by atoms with Gasteiger partial charge in [0.05, 0.1) is 11.3 Å². The molecule has 0 heterocycles. The largest absolute Gasteiger partial charge is 0.325 e. The Labute approximate surface area is 102 Å². The van der Waals surface area contributed by atoms with Crippen molar-refractivity contribution in [2.45, 2.75) is 33.6 Å². The lowest BCUT2D eigenvalue weighted by Gasteiger charge is -2.09. The second-order valence-corrected chi connectivity index (χ2v) is 4.59. The molecule has 0 fully saturated rings. The molecule has 0 aliphatic heterocycles. The maximum atomic E-state index is 11.7. The molecule has 0 aromatic heterocycles. The lowest BCUT2D eigenvalue weighted by molar-refractivity contribution is -0.116. The van der Waals surface area contributed by atoms with Crippen molar-refractivity contribution in [3.63, 3.8) is 0 Å². The van der Waals surface area contributed by atoms with E-state index in [1.165, 1.54) is 0 Å². The van der Waals surface area contributed by atoms with E-state index < -0.39 is 0 Å². The number of rotatable bonds is 4. The molecule has 0 radical (unpaired) electrons. The summed E-state index contributed by atoms with van der Waals surface area (Å²) in [6.45, 7) is 6.03. The first-order valence-corrected chi connectivity index (χ1v) is 5.84. The van der Waals surface area contributed by atoms with E-state index in [1.807, 2.05) is 19.1 Å². The molecule has 0 atom stereocenters. The summed E-state index contributed by atoms with van der Waals surface area (Å²) in [6, 6.07) is 7.59. The molecule has 0 bridgehead atoms. The Morgan fingerprint density at radius 3 is 2.76 bits per heavy atom. The van der Waals surface area contributed by atoms with Gasteiger partial charge in [0.1, 0.15) is 6.07 Å². The van der Waals surface area contributed by atoms with Crippen molar-refractivity contribution in [1.29, 1.82) is 5.26 Å². The molecular weight excluding hydrogens is 212 g/mol. The molecule has 1 aromatic rings. The van der Waals surface area contributed by atoms with Gasteiger partial charge in [-0.1, -0.05) is 26.0 Å². The predicted molar refractivity (Wildman–Crippen MR) is 68.6 cm³/mol. The highest BCUT2D eigenvalue weighted by Gasteiger charge is 2.08. The minimum absolute atomic E-state index is 0.0270. The van der Waals surface area contributed by atoms with Gasteiger partial charge in [-0.15, -0.1) is 0 Å². The minimum Gasteiger partial charge on any atom is -0.325 e. The van der Waals surface area contributed by atoms with Crippen LogP contribution in [-0.4, -0.2) is 5.91 Å². The number of hydrogen-bond donors (Lipinski definition) is 1. The van der Waals surface area contributed by atoms with E-state index in [9.17, 15) is 4.79 Å². The zero-order chi connectivity index (χ0) is 12.8. The van der Waals surface area contributed by atoms with Crippen molar-refractivity contribution in [2.24, 2.45) is 5.92 Å². The summed E-state index contributed by atoms with van der Waals surface area (Å²) in [5.41, 5.74) is 2.04. The lowest BCUT2D eigenvalue weighted by atomic mass is 10.1. The molecule has 3 heteroatoms. The van der Waals surface area contributed by atoms with E-state index in [0.717, 1.165) is 12.0 Å². The minimum atomic E-state index is -0.0270. The Morgan fingerprint density at radius 1 is 1.47 bits per heavy atom. The van der Waals surface area contributed by atoms with E-state index in [0.29, 0.717) is 23.6 Å². The highest BCUT2D eigenvalue weighted by molar-refractivity contribution is 5.92. The predicted octanol–water partition coefficient (Wildman–Crippen LogP) is 3.24. The molecule has 1 amide bonds. The molecule has 1 rings (SSSR count). The van der Waals surface area contributed by atoms with Crippen LogP contribution in [-0.2, 0) is 4.79 Å². The van der Waals surface area contributed by atoms with Gasteiger partial charge >= 0.3 is 0 Å². The van der Waals surface area contributed by atoms with Crippen LogP contribution in [0.4, 0.5) is 5.69 Å². The Kier molecular flexibility index (Phi) is 4.71. The number of nitrogens with one attached hydrogen (secondary N) is 1. The van der Waals surface area contributed by atoms with Crippen molar-refractivity contribution in [3.05, 3.63) is 29.3 Å². The molecule has 0 saturated carbocycles. The number of hydrogen-bond acceptors (Lipinski definition) is 2. The van der Waals surface area contributed by atoms with Crippen molar-refractivity contribution in [1.82, 2.24) is 0 Å². The summed E-state index contributed by atoms with van der Waals surface area (Å²) in [6.07, 6.45) is 1.36. The normalized spacial score (nSPS) is 10.1. The standard InChI is InChI=1S/C14H18N2O/c1-10(2)7-8-14(17)16-13-6-4-5-11(3)12(13)9-15/h4-6,10H,7-8H2,1-3H3,(H,16,17). The third kappa shape index (κ3) is 3.92. The number of benzene rings is 1. The molecule has 0 aliphatic rings. The van der Waals surface area contributed by atoms with Gasteiger partial charge in [0.15, 0.2) is 0 Å². The first-order valence-electron chi connectivity index (χ1n) is 5.84. The first-order chi connectivity index (χ1) is 8.04. The summed E-state index contributed by atoms with van der Waals surface area (Å²) in [5, 5.41) is 11.8. The van der Waals surface area contributed by atoms with Gasteiger partial charge in [-0.3, -0.25) is 4.79 Å². The van der Waals surface area contributed by atoms with Crippen LogP contribution in [0, 0.1) is 24.2 Å². The topological polar surface area (TPSA) is 52.9 Å². The van der Waals surface area contributed by atoms with Crippen LogP contribution in [0.15, 0.2) is 18.2 Å². The molecule has 1 N–H and O–H groups in total. The molecule has 0 unspecified atom stereocenters. The number of nitriles is 1. The summed E-state index contributed by atoms with van der Waals surface area (Å²) in [4.78, 5) is 11.7. The van der Waals surface area contributed by atoms with Crippen molar-refractivity contribution >= 4 is 11.6 Å². The molecular formula is C14H18N2O. The van der Waals surface area contributed by atoms with Gasteiger partial charge < -0.3 is 5.32 Å². The van der Waals surface area contributed by atoms with Gasteiger partial charge in [0, 0.05) is 6.42 Å². The smallest absolute Gasteiger partial charge is 0.224 e. The van der Waals surface area contributed by atoms with Crippen LogP contribution in [0.1, 0.15) is 37.8 Å². The van der Waals surface area contributed by atoms with Crippen LogP contribution < -0.4 is 5.32 Å². The fourth-order valence-electron chi connectivity index (χ4n) is 1.55. The Bertz CT molecular complexity index is 444. The van der Waals surface area contributed by atoms with E-state index in [1.54, 1.807) is 6.07 Å². The molecule has 1 aromatic carbocycles. The molecule has 0 spiro atoms. The fourth-order valence-corrected chi connectivity index (χ4v) is 1.55. The zero-order valence-electron chi connectivity index (χ0n) is 10.6. The molecule has 90 valence electrons. The summed E-state index contributed by atoms with van der Waals surface area (Å²) in [7, 11) is 0. The average Bonchev–Trinajstić information content (AvgIpc) is 2.27. The molecule has 0 saturated heterocycles. The maximum absolute atomic E-state index is 11.7. The number of carbonyl (C=O) groups excluding carboxylic acids is 1. The Morgan fingerprint density at radius 2 is 2.18 bits per heavy atom. The molecule has 0 aliphatic carbocycles. The highest BCUT2D eigenvalue weighted by atomic mass is 16.1. The van der Waals surface area contributed by atoms with E-state index in [2.05, 4.69) is 25.2 Å². The van der Waals surface area contributed by atoms with Crippen molar-refractivity contribution in [3.8, 4) is 6.07 Å². The van der Waals surface area contributed by atoms with Gasteiger partial charge in [-0.25, -0.2) is 0 Å². The third-order valence-corrected chi connectivity index (χ3v) is 2.61. The van der Waals surface area contributed by atoms with Gasteiger partial charge in [-0.05, 0) is 30.9 Å². The molecule has 3 nitrogen and oxygen atoms in total. The van der Waals surface area contributed by atoms with Crippen LogP contribution in [0.3, 0.4) is 0 Å². The quantitative estimate of drug-likeness (QED) is 0.863. The summed E-state index contributed by atoms with van der Waals surface area (Å²) in [5.74, 6) is 0.481. The number of nitrogens with zero attached hydrogens (tertiary/aromatic N) is 1. The van der Waals surface area contributed by atoms with Gasteiger partial charge in [-0.2, -0.15) is 5.26 Å². The highest BCUT2D eigenvalue weighted by Crippen LogP contribution is 2.18. The van der Waals surface area contributed by atoms with Crippen LogP contribution in [0.25, 0.3) is 0 Å². The van der Waals surface area contributed by atoms with E-state index in [-0.39, 0.29) is 5.91 Å². The fraction of sp³-hybridized carbons (Fsp3) is 0.429. The lowest BCUT2D eigenvalue weighted by Crippen LogP contribution is -2.13. The third-order valence-electron chi connectivity index (χ3n) is 2.61. The second-order valence-electron chi connectivity index (χ2n) is 4.59. The van der Waals surface area contributed by atoms with E-state index >= 15 is 0 Å². The van der Waals surface area contributed by atoms with E-state index in [4.69, 9.17) is 5.26 Å². The maximum Gasteiger partial charge on any atom is 0.224 e. The number of aryl methyl sites for hydroxylation is 1. The number of carbonyl (C=O) groups is 1. The number of amides is 1. The monoisotopic (exact) mass is 230 g/mol. The van der Waals surface area contributed by atoms with Gasteiger partial charge in [0.2, 0.25) is 5.91 Å². The summed E-state index contributed by atoms with van der Waals surface area (Å²) < 4.78 is 0. The van der Waals surface area contributed by atoms with Crippen LogP contribution in [0.5, 0.6) is 0 Å². The van der Waals surface area contributed by atoms with Crippen LogP contribution >= 0.6 is 0 Å². The number of anilines is 1. The van der Waals surface area contributed by atoms with Gasteiger partial charge in [0.25, 0.3) is 0 Å². The van der Waals surface area contributed by atoms with Crippen molar-refractivity contribution < 1.29 is 4.79 Å². The summed E-state index contributed by atoms with van der Waals surface area (Å²) >= 11 is 0. The Hall–Kier alpha value is -1.82. The Balaban J connectivity index is 2.72. The zero-order valence-corrected chi connectivity index (χ0v) is 10.6. The van der Waals surface area contributed by atoms with Crippen molar-refractivity contribution in [2.75, 3.05) is 5.32 Å². The second kappa shape index (κ2) is 6.05. The SMILES string of the molecule is Cc1cccc(NC(=O)CCC(C)C)c1C#N.